The van der Waals surface area contributed by atoms with Gasteiger partial charge >= 0.3 is 0 Å². The van der Waals surface area contributed by atoms with Crippen molar-refractivity contribution in [1.82, 2.24) is 0 Å². The summed E-state index contributed by atoms with van der Waals surface area (Å²) < 4.78 is 0. The van der Waals surface area contributed by atoms with Crippen LogP contribution in [0, 0.1) is 11.3 Å². The monoisotopic (exact) mass is 166 g/mol. The van der Waals surface area contributed by atoms with Gasteiger partial charge in [0.15, 0.2) is 0 Å². The third-order valence-electron chi connectivity index (χ3n) is 1.58. The molecule has 0 radical (unpaired) electrons. The van der Waals surface area contributed by atoms with Gasteiger partial charge in [-0.25, -0.2) is 0 Å². The summed E-state index contributed by atoms with van der Waals surface area (Å²) in [5, 5.41) is 8.53. The summed E-state index contributed by atoms with van der Waals surface area (Å²) in [6.07, 6.45) is 0. The number of rotatable bonds is 2. The van der Waals surface area contributed by atoms with Crippen molar-refractivity contribution >= 4 is 11.3 Å². The molecule has 0 amide bonds. The van der Waals surface area contributed by atoms with Gasteiger partial charge in [-0.15, -0.1) is 11.3 Å². The third-order valence-corrected chi connectivity index (χ3v) is 2.80. The van der Waals surface area contributed by atoms with E-state index in [1.807, 2.05) is 12.1 Å². The molecule has 1 aromatic heterocycles. The average Bonchev–Trinajstić information content (AvgIpc) is 2.50. The second-order valence-electron chi connectivity index (χ2n) is 2.45. The van der Waals surface area contributed by atoms with Gasteiger partial charge in [-0.05, 0) is 18.7 Å². The highest BCUT2D eigenvalue weighted by Gasteiger charge is 2.05. The summed E-state index contributed by atoms with van der Waals surface area (Å²) in [4.78, 5) is 1.96. The number of nitrogens with zero attached hydrogens (tertiary/aromatic N) is 1. The first-order valence-corrected chi connectivity index (χ1v) is 4.29. The van der Waals surface area contributed by atoms with Crippen LogP contribution >= 0.6 is 11.3 Å². The Labute approximate surface area is 70.3 Å². The maximum Gasteiger partial charge on any atom is 0.110 e. The standard InChI is InChI=1S/C8H10N2S/c1-6(4-9)8-3-2-7(5-10)11-8/h2-3,6H,4,9H2,1H3. The van der Waals surface area contributed by atoms with E-state index in [4.69, 9.17) is 11.0 Å². The van der Waals surface area contributed by atoms with Crippen LogP contribution in [0.5, 0.6) is 0 Å². The zero-order valence-electron chi connectivity index (χ0n) is 6.37. The van der Waals surface area contributed by atoms with Crippen molar-refractivity contribution in [2.45, 2.75) is 12.8 Å². The van der Waals surface area contributed by atoms with Crippen molar-refractivity contribution in [3.8, 4) is 6.07 Å². The van der Waals surface area contributed by atoms with Crippen LogP contribution in [-0.4, -0.2) is 6.54 Å². The minimum atomic E-state index is 0.377. The van der Waals surface area contributed by atoms with Crippen LogP contribution in [0.2, 0.25) is 0 Å². The molecule has 0 aliphatic carbocycles. The number of thiophene rings is 1. The van der Waals surface area contributed by atoms with Gasteiger partial charge in [0.05, 0.1) is 0 Å². The van der Waals surface area contributed by atoms with E-state index in [2.05, 4.69) is 13.0 Å². The Kier molecular flexibility index (Phi) is 2.64. The first-order valence-electron chi connectivity index (χ1n) is 3.48. The van der Waals surface area contributed by atoms with Crippen molar-refractivity contribution in [2.24, 2.45) is 5.73 Å². The van der Waals surface area contributed by atoms with Gasteiger partial charge < -0.3 is 5.73 Å². The van der Waals surface area contributed by atoms with Gasteiger partial charge in [0.25, 0.3) is 0 Å². The highest BCUT2D eigenvalue weighted by Crippen LogP contribution is 2.22. The lowest BCUT2D eigenvalue weighted by molar-refractivity contribution is 0.790. The largest absolute Gasteiger partial charge is 0.330 e. The van der Waals surface area contributed by atoms with Crippen LogP contribution in [0.15, 0.2) is 12.1 Å². The lowest BCUT2D eigenvalue weighted by atomic mass is 10.1. The second kappa shape index (κ2) is 3.51. The molecule has 0 spiro atoms. The van der Waals surface area contributed by atoms with E-state index in [1.54, 1.807) is 0 Å². The van der Waals surface area contributed by atoms with E-state index in [-0.39, 0.29) is 0 Å². The Morgan fingerprint density at radius 3 is 2.91 bits per heavy atom. The van der Waals surface area contributed by atoms with Crippen LogP contribution in [0.3, 0.4) is 0 Å². The minimum absolute atomic E-state index is 0.377. The molecule has 0 aliphatic rings. The molecule has 1 heterocycles. The molecule has 0 aromatic carbocycles. The fraction of sp³-hybridized carbons (Fsp3) is 0.375. The van der Waals surface area contributed by atoms with Crippen molar-refractivity contribution in [1.29, 1.82) is 5.26 Å². The van der Waals surface area contributed by atoms with E-state index in [9.17, 15) is 0 Å². The second-order valence-corrected chi connectivity index (χ2v) is 3.57. The number of hydrogen-bond acceptors (Lipinski definition) is 3. The molecule has 1 unspecified atom stereocenters. The molecular formula is C8H10N2S. The molecule has 3 heteroatoms. The van der Waals surface area contributed by atoms with E-state index < -0.39 is 0 Å². The third kappa shape index (κ3) is 1.79. The van der Waals surface area contributed by atoms with Crippen LogP contribution < -0.4 is 5.73 Å². The molecule has 0 saturated carbocycles. The Hall–Kier alpha value is -0.850. The quantitative estimate of drug-likeness (QED) is 0.726. The first-order chi connectivity index (χ1) is 5.27. The molecule has 58 valence electrons. The minimum Gasteiger partial charge on any atom is -0.330 e. The molecule has 1 aromatic rings. The summed E-state index contributed by atoms with van der Waals surface area (Å²) in [7, 11) is 0. The van der Waals surface area contributed by atoms with Gasteiger partial charge in [-0.1, -0.05) is 6.92 Å². The molecule has 1 rings (SSSR count). The summed E-state index contributed by atoms with van der Waals surface area (Å²) in [5.74, 6) is 0.377. The highest BCUT2D eigenvalue weighted by atomic mass is 32.1. The van der Waals surface area contributed by atoms with Gasteiger partial charge in [-0.2, -0.15) is 5.26 Å². The van der Waals surface area contributed by atoms with Crippen LogP contribution in [-0.2, 0) is 0 Å². The fourth-order valence-corrected chi connectivity index (χ4v) is 1.66. The van der Waals surface area contributed by atoms with Crippen molar-refractivity contribution in [3.05, 3.63) is 21.9 Å². The lowest BCUT2D eigenvalue weighted by Gasteiger charge is -2.02. The fourth-order valence-electron chi connectivity index (χ4n) is 0.794. The van der Waals surface area contributed by atoms with Crippen molar-refractivity contribution in [2.75, 3.05) is 6.54 Å². The number of nitrogens with two attached hydrogens (primary N) is 1. The molecule has 11 heavy (non-hydrogen) atoms. The van der Waals surface area contributed by atoms with E-state index in [0.29, 0.717) is 12.5 Å². The molecular weight excluding hydrogens is 156 g/mol. The zero-order chi connectivity index (χ0) is 8.27. The summed E-state index contributed by atoms with van der Waals surface area (Å²) in [5.41, 5.74) is 5.48. The van der Waals surface area contributed by atoms with E-state index in [1.165, 1.54) is 16.2 Å². The number of nitriles is 1. The Bertz CT molecular complexity index is 272. The predicted octanol–water partition coefficient (Wildman–Crippen LogP) is 1.68. The summed E-state index contributed by atoms with van der Waals surface area (Å²) in [6, 6.07) is 5.92. The highest BCUT2D eigenvalue weighted by molar-refractivity contribution is 7.12. The molecule has 0 bridgehead atoms. The zero-order valence-corrected chi connectivity index (χ0v) is 7.19. The van der Waals surface area contributed by atoms with Gasteiger partial charge in [0.2, 0.25) is 0 Å². The lowest BCUT2D eigenvalue weighted by Crippen LogP contribution is -2.06. The smallest absolute Gasteiger partial charge is 0.110 e. The maximum absolute atomic E-state index is 8.53. The van der Waals surface area contributed by atoms with Crippen LogP contribution in [0.25, 0.3) is 0 Å². The van der Waals surface area contributed by atoms with E-state index >= 15 is 0 Å². The van der Waals surface area contributed by atoms with Gasteiger partial charge in [0, 0.05) is 10.8 Å². The van der Waals surface area contributed by atoms with E-state index in [0.717, 1.165) is 4.88 Å². The van der Waals surface area contributed by atoms with Gasteiger partial charge in [-0.3, -0.25) is 0 Å². The topological polar surface area (TPSA) is 49.8 Å². The Morgan fingerprint density at radius 2 is 2.45 bits per heavy atom. The van der Waals surface area contributed by atoms with Crippen LogP contribution in [0.1, 0.15) is 22.6 Å². The van der Waals surface area contributed by atoms with Crippen LogP contribution in [0.4, 0.5) is 0 Å². The van der Waals surface area contributed by atoms with Crippen molar-refractivity contribution in [3.63, 3.8) is 0 Å². The van der Waals surface area contributed by atoms with Gasteiger partial charge in [0.1, 0.15) is 10.9 Å². The molecule has 1 atom stereocenters. The number of hydrogen-bond donors (Lipinski definition) is 1. The first kappa shape index (κ1) is 8.25. The summed E-state index contributed by atoms with van der Waals surface area (Å²) >= 11 is 1.52. The van der Waals surface area contributed by atoms with Crippen molar-refractivity contribution < 1.29 is 0 Å². The Morgan fingerprint density at radius 1 is 1.73 bits per heavy atom. The maximum atomic E-state index is 8.53. The SMILES string of the molecule is CC(CN)c1ccc(C#N)s1. The summed E-state index contributed by atoms with van der Waals surface area (Å²) in [6.45, 7) is 2.71. The molecule has 0 aliphatic heterocycles. The average molecular weight is 166 g/mol. The molecule has 0 fully saturated rings. The molecule has 2 nitrogen and oxygen atoms in total. The molecule has 2 N–H and O–H groups in total. The Balaban J connectivity index is 2.82. The predicted molar refractivity (Wildman–Crippen MR) is 46.5 cm³/mol. The molecule has 0 saturated heterocycles. The normalized spacial score (nSPS) is 12.5.